The highest BCUT2D eigenvalue weighted by atomic mass is 35.5. The largest absolute Gasteiger partial charge is 0.360 e. The van der Waals surface area contributed by atoms with E-state index in [1.807, 2.05) is 36.4 Å². The third-order valence-electron chi connectivity index (χ3n) is 5.73. The van der Waals surface area contributed by atoms with E-state index in [4.69, 9.17) is 16.3 Å². The Balaban J connectivity index is 1.38. The zero-order valence-corrected chi connectivity index (χ0v) is 15.7. The maximum absolute atomic E-state index is 13.2. The molecule has 3 aliphatic heterocycles. The van der Waals surface area contributed by atoms with Crippen molar-refractivity contribution in [3.05, 3.63) is 71.5 Å². The van der Waals surface area contributed by atoms with Gasteiger partial charge in [-0.2, -0.15) is 0 Å². The number of hydrogen-bond acceptors (Lipinski definition) is 4. The van der Waals surface area contributed by atoms with Gasteiger partial charge in [0.05, 0.1) is 24.5 Å². The van der Waals surface area contributed by atoms with E-state index in [1.54, 1.807) is 29.4 Å². The maximum Gasteiger partial charge on any atom is 0.234 e. The summed E-state index contributed by atoms with van der Waals surface area (Å²) in [6, 6.07) is 10.8. The minimum atomic E-state index is -0.738. The molecular formula is C21H18ClN3O3. The number of pyridine rings is 1. The van der Waals surface area contributed by atoms with Crippen LogP contribution in [0.2, 0.25) is 5.02 Å². The average molecular weight is 396 g/mol. The van der Waals surface area contributed by atoms with Crippen LogP contribution in [0.1, 0.15) is 5.56 Å². The summed E-state index contributed by atoms with van der Waals surface area (Å²) >= 11 is 5.97. The van der Waals surface area contributed by atoms with E-state index in [1.165, 1.54) is 0 Å². The predicted octanol–water partition coefficient (Wildman–Crippen LogP) is 2.34. The summed E-state index contributed by atoms with van der Waals surface area (Å²) in [5.74, 6) is -1.31. The van der Waals surface area contributed by atoms with Gasteiger partial charge in [0.2, 0.25) is 11.8 Å². The SMILES string of the molecule is O=C(NCc1cccnc1)[C@H]1[C@H]2C=C[C@@]3(CN(c4ccc(Cl)cc4)C(=O)[C@@H]13)O2. The number of ether oxygens (including phenoxy) is 1. The molecule has 5 rings (SSSR count). The Hall–Kier alpha value is -2.70. The first-order valence-electron chi connectivity index (χ1n) is 9.18. The molecule has 4 heterocycles. The molecule has 1 spiro atoms. The van der Waals surface area contributed by atoms with E-state index >= 15 is 0 Å². The van der Waals surface area contributed by atoms with Gasteiger partial charge in [0.15, 0.2) is 0 Å². The summed E-state index contributed by atoms with van der Waals surface area (Å²) < 4.78 is 6.14. The Morgan fingerprint density at radius 3 is 2.89 bits per heavy atom. The number of carbonyl (C=O) groups excluding carboxylic acids is 2. The van der Waals surface area contributed by atoms with Crippen molar-refractivity contribution in [2.75, 3.05) is 11.4 Å². The lowest BCUT2D eigenvalue weighted by Gasteiger charge is -2.23. The smallest absolute Gasteiger partial charge is 0.234 e. The number of carbonyl (C=O) groups is 2. The van der Waals surface area contributed by atoms with Gasteiger partial charge in [0, 0.05) is 29.6 Å². The zero-order valence-electron chi connectivity index (χ0n) is 14.9. The molecule has 0 saturated carbocycles. The van der Waals surface area contributed by atoms with Gasteiger partial charge in [0.25, 0.3) is 0 Å². The van der Waals surface area contributed by atoms with Crippen molar-refractivity contribution < 1.29 is 14.3 Å². The summed E-state index contributed by atoms with van der Waals surface area (Å²) in [4.78, 5) is 31.9. The number of anilines is 1. The molecule has 0 aliphatic carbocycles. The van der Waals surface area contributed by atoms with Crippen LogP contribution >= 0.6 is 11.6 Å². The van der Waals surface area contributed by atoms with Crippen molar-refractivity contribution in [1.29, 1.82) is 0 Å². The lowest BCUT2D eigenvalue weighted by atomic mass is 9.77. The molecule has 7 heteroatoms. The summed E-state index contributed by atoms with van der Waals surface area (Å²) in [5, 5.41) is 3.55. The van der Waals surface area contributed by atoms with E-state index in [0.717, 1.165) is 11.3 Å². The number of nitrogens with zero attached hydrogens (tertiary/aromatic N) is 2. The number of benzene rings is 1. The quantitative estimate of drug-likeness (QED) is 0.806. The first kappa shape index (κ1) is 17.4. The van der Waals surface area contributed by atoms with Gasteiger partial charge in [-0.3, -0.25) is 14.6 Å². The van der Waals surface area contributed by atoms with Crippen LogP contribution in [0.5, 0.6) is 0 Å². The van der Waals surface area contributed by atoms with E-state index < -0.39 is 17.4 Å². The fraction of sp³-hybridized carbons (Fsp3) is 0.286. The highest BCUT2D eigenvalue weighted by Gasteiger charge is 2.67. The molecular weight excluding hydrogens is 378 g/mol. The second-order valence-corrected chi connectivity index (χ2v) is 7.82. The predicted molar refractivity (Wildman–Crippen MR) is 104 cm³/mol. The van der Waals surface area contributed by atoms with Crippen molar-refractivity contribution in [3.8, 4) is 0 Å². The third kappa shape index (κ3) is 2.64. The molecule has 2 fully saturated rings. The molecule has 2 amide bonds. The first-order chi connectivity index (χ1) is 13.6. The third-order valence-corrected chi connectivity index (χ3v) is 5.98. The number of amides is 2. The topological polar surface area (TPSA) is 71.5 Å². The minimum absolute atomic E-state index is 0.0873. The van der Waals surface area contributed by atoms with Crippen LogP contribution in [-0.4, -0.2) is 35.0 Å². The monoisotopic (exact) mass is 395 g/mol. The van der Waals surface area contributed by atoms with Crippen LogP contribution < -0.4 is 10.2 Å². The first-order valence-corrected chi connectivity index (χ1v) is 9.56. The molecule has 2 aromatic rings. The molecule has 6 nitrogen and oxygen atoms in total. The summed E-state index contributed by atoms with van der Waals surface area (Å²) in [5.41, 5.74) is 0.927. The molecule has 4 atom stereocenters. The molecule has 28 heavy (non-hydrogen) atoms. The van der Waals surface area contributed by atoms with Crippen LogP contribution in [0, 0.1) is 11.8 Å². The number of aromatic nitrogens is 1. The molecule has 1 N–H and O–H groups in total. The summed E-state index contributed by atoms with van der Waals surface area (Å²) in [6.07, 6.45) is 6.88. The fourth-order valence-electron chi connectivity index (χ4n) is 4.45. The van der Waals surface area contributed by atoms with Crippen LogP contribution in [0.3, 0.4) is 0 Å². The van der Waals surface area contributed by atoms with E-state index in [2.05, 4.69) is 10.3 Å². The zero-order chi connectivity index (χ0) is 19.3. The van der Waals surface area contributed by atoms with Gasteiger partial charge in [0.1, 0.15) is 5.60 Å². The van der Waals surface area contributed by atoms with Crippen molar-refractivity contribution in [1.82, 2.24) is 10.3 Å². The van der Waals surface area contributed by atoms with Gasteiger partial charge in [-0.15, -0.1) is 0 Å². The standard InChI is InChI=1S/C21H18ClN3O3/c22-14-3-5-15(6-4-14)25-12-21-8-7-16(28-21)17(18(21)20(25)27)19(26)24-11-13-2-1-9-23-10-13/h1-10,16-18H,11-12H2,(H,24,26)/t16-,17+,18-,21+/m1/s1. The van der Waals surface area contributed by atoms with E-state index in [-0.39, 0.29) is 17.9 Å². The van der Waals surface area contributed by atoms with Crippen LogP contribution in [0.25, 0.3) is 0 Å². The van der Waals surface area contributed by atoms with Crippen LogP contribution in [0.15, 0.2) is 60.9 Å². The van der Waals surface area contributed by atoms with Gasteiger partial charge < -0.3 is 15.0 Å². The lowest BCUT2D eigenvalue weighted by Crippen LogP contribution is -2.44. The average Bonchev–Trinajstić information content (AvgIpc) is 3.36. The van der Waals surface area contributed by atoms with Crippen molar-refractivity contribution in [2.24, 2.45) is 11.8 Å². The Bertz CT molecular complexity index is 963. The molecule has 2 saturated heterocycles. The van der Waals surface area contributed by atoms with Gasteiger partial charge >= 0.3 is 0 Å². The number of hydrogen-bond donors (Lipinski definition) is 1. The molecule has 3 aliphatic rings. The number of halogens is 1. The van der Waals surface area contributed by atoms with E-state index in [9.17, 15) is 9.59 Å². The Morgan fingerprint density at radius 2 is 2.14 bits per heavy atom. The van der Waals surface area contributed by atoms with Crippen LogP contribution in [-0.2, 0) is 20.9 Å². The lowest BCUT2D eigenvalue weighted by molar-refractivity contribution is -0.132. The Morgan fingerprint density at radius 1 is 1.32 bits per heavy atom. The molecule has 1 aromatic heterocycles. The number of nitrogens with one attached hydrogen (secondary N) is 1. The van der Waals surface area contributed by atoms with Gasteiger partial charge in [-0.05, 0) is 35.9 Å². The summed E-state index contributed by atoms with van der Waals surface area (Å²) in [7, 11) is 0. The second-order valence-electron chi connectivity index (χ2n) is 7.38. The van der Waals surface area contributed by atoms with Gasteiger partial charge in [-0.1, -0.05) is 29.8 Å². The van der Waals surface area contributed by atoms with Crippen molar-refractivity contribution in [3.63, 3.8) is 0 Å². The fourth-order valence-corrected chi connectivity index (χ4v) is 4.57. The minimum Gasteiger partial charge on any atom is -0.360 e. The highest BCUT2D eigenvalue weighted by molar-refractivity contribution is 6.30. The molecule has 142 valence electrons. The highest BCUT2D eigenvalue weighted by Crippen LogP contribution is 2.52. The number of fused-ring (bicyclic) bond motifs is 1. The van der Waals surface area contributed by atoms with Gasteiger partial charge in [-0.25, -0.2) is 0 Å². The number of rotatable bonds is 4. The normalized spacial score (nSPS) is 30.0. The summed E-state index contributed by atoms with van der Waals surface area (Å²) in [6.45, 7) is 0.770. The van der Waals surface area contributed by atoms with Crippen molar-refractivity contribution >= 4 is 29.1 Å². The molecule has 0 radical (unpaired) electrons. The Labute approximate surface area is 167 Å². The molecule has 0 unspecified atom stereocenters. The molecule has 1 aromatic carbocycles. The Kier molecular flexibility index (Phi) is 4.00. The van der Waals surface area contributed by atoms with Crippen molar-refractivity contribution in [2.45, 2.75) is 18.2 Å². The molecule has 2 bridgehead atoms. The van der Waals surface area contributed by atoms with Crippen LogP contribution in [0.4, 0.5) is 5.69 Å². The second kappa shape index (κ2) is 6.43. The van der Waals surface area contributed by atoms with E-state index in [0.29, 0.717) is 18.1 Å². The maximum atomic E-state index is 13.2.